The maximum Gasteiger partial charge on any atom is 0.490 e. The molecule has 0 aromatic carbocycles. The number of carbonyl (C=O) groups is 5. The molecule has 1 aromatic heterocycles. The van der Waals surface area contributed by atoms with Gasteiger partial charge in [-0.3, -0.25) is 19.4 Å². The summed E-state index contributed by atoms with van der Waals surface area (Å²) >= 11 is 2.23. The lowest BCUT2D eigenvalue weighted by atomic mass is 10.0. The second-order valence-electron chi connectivity index (χ2n) is 11.9. The van der Waals surface area contributed by atoms with Crippen molar-refractivity contribution in [2.75, 3.05) is 57.9 Å². The maximum atomic E-state index is 13.2. The van der Waals surface area contributed by atoms with Crippen LogP contribution in [-0.2, 0) is 28.8 Å². The Morgan fingerprint density at radius 2 is 1.80 bits per heavy atom. The Kier molecular flexibility index (Phi) is 13.7. The van der Waals surface area contributed by atoms with Crippen molar-refractivity contribution in [2.45, 2.75) is 50.9 Å². The van der Waals surface area contributed by atoms with Crippen LogP contribution in [0.2, 0.25) is 0 Å². The number of amides is 3. The third kappa shape index (κ3) is 10.5. The van der Waals surface area contributed by atoms with Crippen molar-refractivity contribution in [1.29, 1.82) is 0 Å². The SMILES string of the molecule is CCON=C(C(=O)N[C@@H]1C(=O)N2C(C(=O)[O-])=C(C[N+]3(C)CCN(C(=O)OC(C)(C)C)CC3)CS[C@@H]12)c1nsc(N)n1.Cl.O=C(O)C(F)(F)F. The van der Waals surface area contributed by atoms with Crippen molar-refractivity contribution in [3.05, 3.63) is 17.1 Å². The molecule has 3 amide bonds. The van der Waals surface area contributed by atoms with E-state index in [0.717, 1.165) is 11.5 Å². The molecule has 0 aliphatic carbocycles. The standard InChI is InChI=1S/C24H34N8O7S2.C2HF3O2.ClH/c1-6-38-28-14(17-27-22(25)41-29-17)18(33)26-15-19(34)31-16(21(35)36)13(12-40-20(15)31)11-32(5)9-7-30(8-10-32)23(37)39-24(2,3)4;3-2(4,5)1(6)7;/h15,20H,6-12H2,1-5H3,(H3-,25,26,27,29,33,35,36);(H,6,7);1H/t15-,20+;;/m1../s1. The number of oxime groups is 1. The van der Waals surface area contributed by atoms with Crippen LogP contribution in [0.3, 0.4) is 0 Å². The summed E-state index contributed by atoms with van der Waals surface area (Å²) < 4.78 is 41.7. The third-order valence-electron chi connectivity index (χ3n) is 6.97. The molecule has 2 saturated heterocycles. The molecule has 2 fully saturated rings. The normalized spacial score (nSPS) is 20.5. The number of nitrogens with two attached hydrogens (primary N) is 1. The summed E-state index contributed by atoms with van der Waals surface area (Å²) in [4.78, 5) is 71.6. The van der Waals surface area contributed by atoms with Crippen LogP contribution in [0, 0.1) is 0 Å². The van der Waals surface area contributed by atoms with Crippen LogP contribution in [0.4, 0.5) is 23.1 Å². The zero-order valence-electron chi connectivity index (χ0n) is 26.9. The van der Waals surface area contributed by atoms with E-state index in [1.165, 1.54) is 16.7 Å². The molecule has 49 heavy (non-hydrogen) atoms. The van der Waals surface area contributed by atoms with Gasteiger partial charge in [-0.25, -0.2) is 9.59 Å². The first kappa shape index (κ1) is 41.3. The van der Waals surface area contributed by atoms with Gasteiger partial charge in [0.05, 0.1) is 44.9 Å². The number of alkyl halides is 3. The predicted octanol–water partition coefficient (Wildman–Crippen LogP) is 0.0172. The van der Waals surface area contributed by atoms with Gasteiger partial charge in [0.25, 0.3) is 11.8 Å². The highest BCUT2D eigenvalue weighted by atomic mass is 35.5. The Morgan fingerprint density at radius 3 is 2.27 bits per heavy atom. The Bertz CT molecular complexity index is 1490. The quantitative estimate of drug-likeness (QED) is 0.138. The van der Waals surface area contributed by atoms with Gasteiger partial charge in [0.2, 0.25) is 11.5 Å². The number of hydrogen-bond acceptors (Lipinski definition) is 14. The number of carboxylic acids is 2. The van der Waals surface area contributed by atoms with Gasteiger partial charge < -0.3 is 40.1 Å². The molecule has 23 heteroatoms. The van der Waals surface area contributed by atoms with E-state index < -0.39 is 46.9 Å². The van der Waals surface area contributed by atoms with Gasteiger partial charge in [0.15, 0.2) is 5.13 Å². The molecule has 3 aliphatic rings. The van der Waals surface area contributed by atoms with Crippen molar-refractivity contribution in [1.82, 2.24) is 24.5 Å². The average Bonchev–Trinajstić information content (AvgIpc) is 3.40. The summed E-state index contributed by atoms with van der Waals surface area (Å²) in [6, 6.07) is -0.992. The fraction of sp³-hybridized carbons (Fsp3) is 0.615. The van der Waals surface area contributed by atoms with Crippen LogP contribution in [0.1, 0.15) is 33.5 Å². The smallest absolute Gasteiger partial charge is 0.490 e. The number of carboxylic acid groups (broad SMARTS) is 2. The van der Waals surface area contributed by atoms with E-state index in [2.05, 4.69) is 19.8 Å². The van der Waals surface area contributed by atoms with Crippen LogP contribution in [0.5, 0.6) is 0 Å². The lowest BCUT2D eigenvalue weighted by Gasteiger charge is -2.51. The number of aromatic nitrogens is 2. The number of rotatable bonds is 8. The number of nitrogen functional groups attached to an aromatic ring is 1. The van der Waals surface area contributed by atoms with E-state index >= 15 is 0 Å². The van der Waals surface area contributed by atoms with Crippen molar-refractivity contribution < 1.29 is 61.4 Å². The van der Waals surface area contributed by atoms with Gasteiger partial charge in [-0.1, -0.05) is 5.16 Å². The Balaban J connectivity index is 0.000000940. The summed E-state index contributed by atoms with van der Waals surface area (Å²) in [7, 11) is 1.99. The number of carbonyl (C=O) groups excluding carboxylic acids is 4. The third-order valence-corrected chi connectivity index (χ3v) is 8.85. The van der Waals surface area contributed by atoms with Crippen molar-refractivity contribution in [3.8, 4) is 0 Å². The molecular formula is C26H36ClF3N8O9S2. The molecule has 274 valence electrons. The molecule has 1 aromatic rings. The largest absolute Gasteiger partial charge is 0.543 e. The fourth-order valence-electron chi connectivity index (χ4n) is 4.72. The number of quaternary nitrogens is 1. The van der Waals surface area contributed by atoms with E-state index in [1.807, 2.05) is 27.8 Å². The fourth-order valence-corrected chi connectivity index (χ4v) is 6.49. The number of anilines is 1. The van der Waals surface area contributed by atoms with Crippen molar-refractivity contribution in [2.24, 2.45) is 5.16 Å². The molecule has 3 aliphatic heterocycles. The number of piperazine rings is 1. The number of nitrogens with zero attached hydrogens (tertiary/aromatic N) is 6. The second kappa shape index (κ2) is 16.2. The number of ether oxygens (including phenoxy) is 1. The average molecular weight is 761 g/mol. The zero-order valence-corrected chi connectivity index (χ0v) is 29.4. The molecule has 0 radical (unpaired) electrons. The number of fused-ring (bicyclic) bond motifs is 1. The van der Waals surface area contributed by atoms with Crippen LogP contribution < -0.4 is 16.2 Å². The number of hydrogen-bond donors (Lipinski definition) is 3. The first-order chi connectivity index (χ1) is 22.2. The number of aliphatic carboxylic acids is 2. The van der Waals surface area contributed by atoms with Crippen molar-refractivity contribution in [3.63, 3.8) is 0 Å². The van der Waals surface area contributed by atoms with Crippen LogP contribution in [0.25, 0.3) is 0 Å². The van der Waals surface area contributed by atoms with Crippen LogP contribution in [0.15, 0.2) is 16.4 Å². The van der Waals surface area contributed by atoms with Gasteiger partial charge in [-0.15, -0.1) is 24.2 Å². The molecule has 17 nitrogen and oxygen atoms in total. The van der Waals surface area contributed by atoms with Crippen LogP contribution in [-0.4, -0.2) is 140 Å². The van der Waals surface area contributed by atoms with Gasteiger partial charge in [-0.05, 0) is 27.7 Å². The van der Waals surface area contributed by atoms with E-state index in [-0.39, 0.29) is 47.5 Å². The first-order valence-corrected chi connectivity index (χ1v) is 16.1. The summed E-state index contributed by atoms with van der Waals surface area (Å²) in [6.45, 7) is 9.75. The molecule has 2 atom stereocenters. The van der Waals surface area contributed by atoms with E-state index in [1.54, 1.807) is 11.8 Å². The summed E-state index contributed by atoms with van der Waals surface area (Å²) in [5.74, 6) is -5.25. The van der Waals surface area contributed by atoms with E-state index in [4.69, 9.17) is 25.2 Å². The Morgan fingerprint density at radius 1 is 1.20 bits per heavy atom. The molecule has 0 spiro atoms. The maximum absolute atomic E-state index is 13.2. The number of likely N-dealkylation sites (N-methyl/N-ethyl adjacent to an activating group) is 1. The molecule has 0 saturated carbocycles. The monoisotopic (exact) mass is 760 g/mol. The minimum atomic E-state index is -5.08. The Labute approximate surface area is 292 Å². The molecule has 0 bridgehead atoms. The van der Waals surface area contributed by atoms with Crippen LogP contribution >= 0.6 is 35.7 Å². The summed E-state index contributed by atoms with van der Waals surface area (Å²) in [5, 5.41) is 25.3. The molecule has 4 heterocycles. The number of nitrogens with one attached hydrogen (secondary N) is 1. The summed E-state index contributed by atoms with van der Waals surface area (Å²) in [5.41, 5.74) is 5.19. The molecule has 0 unspecified atom stereocenters. The van der Waals surface area contributed by atoms with E-state index in [9.17, 15) is 37.5 Å². The lowest BCUT2D eigenvalue weighted by molar-refractivity contribution is -0.908. The second-order valence-corrected chi connectivity index (χ2v) is 13.8. The molecule has 4 N–H and O–H groups in total. The zero-order chi connectivity index (χ0) is 36.2. The van der Waals surface area contributed by atoms with Gasteiger partial charge in [-0.2, -0.15) is 22.5 Å². The number of thioether (sulfide) groups is 1. The minimum absolute atomic E-state index is 0. The number of halogens is 4. The molecule has 4 rings (SSSR count). The van der Waals surface area contributed by atoms with Gasteiger partial charge >= 0.3 is 18.2 Å². The Hall–Kier alpha value is -3.89. The van der Waals surface area contributed by atoms with E-state index in [0.29, 0.717) is 48.5 Å². The predicted molar refractivity (Wildman–Crippen MR) is 169 cm³/mol. The highest BCUT2D eigenvalue weighted by Gasteiger charge is 2.54. The highest BCUT2D eigenvalue weighted by Crippen LogP contribution is 2.41. The summed E-state index contributed by atoms with van der Waals surface area (Å²) in [6.07, 6.45) is -5.46. The minimum Gasteiger partial charge on any atom is -0.543 e. The van der Waals surface area contributed by atoms with Gasteiger partial charge in [0, 0.05) is 22.9 Å². The first-order valence-electron chi connectivity index (χ1n) is 14.3. The topological polar surface area (TPSA) is 230 Å². The molecular weight excluding hydrogens is 725 g/mol. The number of β-lactam (4-membered cyclic amide) rings is 1. The van der Waals surface area contributed by atoms with Gasteiger partial charge in [0.1, 0.15) is 30.2 Å². The van der Waals surface area contributed by atoms with Crippen molar-refractivity contribution >= 4 is 76.4 Å². The highest BCUT2D eigenvalue weighted by molar-refractivity contribution is 8.00. The lowest BCUT2D eigenvalue weighted by Crippen LogP contribution is -2.72.